The third-order valence-corrected chi connectivity index (χ3v) is 12.1. The average molecular weight is 641 g/mol. The van der Waals surface area contributed by atoms with E-state index in [1.54, 1.807) is 0 Å². The van der Waals surface area contributed by atoms with Gasteiger partial charge in [0.15, 0.2) is 0 Å². The largest absolute Gasteiger partial charge is 0.309 e. The fourth-order valence-corrected chi connectivity index (χ4v) is 9.65. The summed E-state index contributed by atoms with van der Waals surface area (Å²) in [5, 5.41) is 5.16. The van der Waals surface area contributed by atoms with E-state index in [0.29, 0.717) is 0 Å². The lowest BCUT2D eigenvalue weighted by atomic mass is 9.82. The lowest BCUT2D eigenvalue weighted by Crippen LogP contribution is -2.15. The molecule has 2 aromatic heterocycles. The second-order valence-corrected chi connectivity index (χ2v) is 15.4. The van der Waals surface area contributed by atoms with Gasteiger partial charge < -0.3 is 9.13 Å². The van der Waals surface area contributed by atoms with Crippen molar-refractivity contribution in [2.24, 2.45) is 0 Å². The van der Waals surface area contributed by atoms with E-state index < -0.39 is 0 Å². The molecule has 50 heavy (non-hydrogen) atoms. The van der Waals surface area contributed by atoms with Gasteiger partial charge in [0, 0.05) is 43.7 Å². The second-order valence-electron chi connectivity index (χ2n) is 15.4. The van der Waals surface area contributed by atoms with Gasteiger partial charge in [-0.05, 0) is 99.1 Å². The molecule has 0 saturated carbocycles. The molecule has 0 aliphatic heterocycles. The predicted molar refractivity (Wildman–Crippen MR) is 210 cm³/mol. The first-order valence-electron chi connectivity index (χ1n) is 17.8. The molecule has 0 fully saturated rings. The minimum atomic E-state index is -0.0695. The molecule has 238 valence electrons. The third kappa shape index (κ3) is 3.43. The normalized spacial score (nSPS) is 15.1. The topological polar surface area (TPSA) is 9.86 Å². The number of fused-ring (bicyclic) bond motifs is 12. The lowest BCUT2D eigenvalue weighted by molar-refractivity contribution is 0.661. The number of nitrogens with zero attached hydrogens (tertiary/aromatic N) is 2. The van der Waals surface area contributed by atoms with Crippen LogP contribution in [0.25, 0.3) is 77.2 Å². The molecule has 0 spiro atoms. The zero-order chi connectivity index (χ0) is 33.5. The fourth-order valence-electron chi connectivity index (χ4n) is 9.65. The molecule has 0 radical (unpaired) electrons. The Balaban J connectivity index is 1.17. The third-order valence-electron chi connectivity index (χ3n) is 12.1. The summed E-state index contributed by atoms with van der Waals surface area (Å²) in [7, 11) is 0. The highest BCUT2D eigenvalue weighted by atomic mass is 15.0. The molecule has 0 N–H and O–H groups in total. The molecule has 0 atom stereocenters. The Hall–Kier alpha value is -5.86. The Morgan fingerprint density at radius 2 is 0.740 bits per heavy atom. The Bertz CT molecular complexity index is 2730. The van der Waals surface area contributed by atoms with Gasteiger partial charge in [-0.15, -0.1) is 0 Å². The van der Waals surface area contributed by atoms with Crippen molar-refractivity contribution in [1.82, 2.24) is 9.13 Å². The molecule has 0 saturated heterocycles. The van der Waals surface area contributed by atoms with Crippen LogP contribution in [0.15, 0.2) is 146 Å². The summed E-state index contributed by atoms with van der Waals surface area (Å²) >= 11 is 0. The number of aromatic nitrogens is 2. The van der Waals surface area contributed by atoms with Crippen LogP contribution >= 0.6 is 0 Å². The van der Waals surface area contributed by atoms with E-state index in [9.17, 15) is 0 Å². The monoisotopic (exact) mass is 640 g/mol. The molecule has 0 amide bonds. The quantitative estimate of drug-likeness (QED) is 0.178. The van der Waals surface area contributed by atoms with E-state index in [4.69, 9.17) is 0 Å². The highest BCUT2D eigenvalue weighted by Gasteiger charge is 2.37. The molecule has 2 aliphatic rings. The van der Waals surface area contributed by atoms with Crippen molar-refractivity contribution in [3.05, 3.63) is 168 Å². The van der Waals surface area contributed by atoms with Gasteiger partial charge in [0.2, 0.25) is 0 Å². The predicted octanol–water partition coefficient (Wildman–Crippen LogP) is 12.5. The first-order chi connectivity index (χ1) is 24.3. The van der Waals surface area contributed by atoms with Crippen molar-refractivity contribution < 1.29 is 0 Å². The van der Waals surface area contributed by atoms with Gasteiger partial charge in [-0.2, -0.15) is 0 Å². The smallest absolute Gasteiger partial charge is 0.0544 e. The van der Waals surface area contributed by atoms with Gasteiger partial charge >= 0.3 is 0 Å². The Labute approximate surface area is 291 Å². The van der Waals surface area contributed by atoms with Gasteiger partial charge in [-0.1, -0.05) is 119 Å². The maximum atomic E-state index is 2.48. The molecule has 7 aromatic carbocycles. The first-order valence-corrected chi connectivity index (χ1v) is 17.8. The minimum absolute atomic E-state index is 0.0695. The zero-order valence-corrected chi connectivity index (χ0v) is 28.8. The number of hydrogen-bond acceptors (Lipinski definition) is 0. The molecular weight excluding hydrogens is 605 g/mol. The standard InChI is InChI=1S/C48H36N2/c1-47(2)39-20-9-5-16-31(39)35-25-37-33-18-7-11-22-43(33)49(45(37)27-41(35)47)29-14-13-15-30(24-29)50-44-23-12-8-19-34(44)38-26-36-32-17-6-10-21-40(32)48(3,4)42(36)28-46(38)50/h5-28H,1-4H3. The zero-order valence-electron chi connectivity index (χ0n) is 28.8. The van der Waals surface area contributed by atoms with Crippen LogP contribution in [-0.2, 0) is 10.8 Å². The summed E-state index contributed by atoms with van der Waals surface area (Å²) < 4.78 is 4.97. The second kappa shape index (κ2) is 9.43. The maximum Gasteiger partial charge on any atom is 0.0544 e. The van der Waals surface area contributed by atoms with E-state index >= 15 is 0 Å². The minimum Gasteiger partial charge on any atom is -0.309 e. The number of rotatable bonds is 2. The molecule has 2 heterocycles. The molecule has 9 aromatic rings. The summed E-state index contributed by atoms with van der Waals surface area (Å²) in [4.78, 5) is 0. The summed E-state index contributed by atoms with van der Waals surface area (Å²) in [6.45, 7) is 9.48. The fraction of sp³-hybridized carbons (Fsp3) is 0.125. The van der Waals surface area contributed by atoms with E-state index in [2.05, 4.69) is 182 Å². The van der Waals surface area contributed by atoms with Crippen molar-refractivity contribution in [3.63, 3.8) is 0 Å². The van der Waals surface area contributed by atoms with Crippen molar-refractivity contribution in [2.75, 3.05) is 0 Å². The maximum absolute atomic E-state index is 2.48. The molecule has 2 nitrogen and oxygen atoms in total. The Morgan fingerprint density at radius 1 is 0.320 bits per heavy atom. The van der Waals surface area contributed by atoms with E-state index in [1.807, 2.05) is 0 Å². The van der Waals surface area contributed by atoms with Gasteiger partial charge in [0.05, 0.1) is 22.1 Å². The van der Waals surface area contributed by atoms with Crippen LogP contribution in [0.2, 0.25) is 0 Å². The molecule has 2 heteroatoms. The van der Waals surface area contributed by atoms with Crippen molar-refractivity contribution >= 4 is 43.6 Å². The van der Waals surface area contributed by atoms with Crippen molar-refractivity contribution in [2.45, 2.75) is 38.5 Å². The van der Waals surface area contributed by atoms with Crippen LogP contribution in [-0.4, -0.2) is 9.13 Å². The van der Waals surface area contributed by atoms with Crippen LogP contribution in [0.4, 0.5) is 0 Å². The van der Waals surface area contributed by atoms with E-state index in [-0.39, 0.29) is 10.8 Å². The van der Waals surface area contributed by atoms with Gasteiger partial charge in [-0.3, -0.25) is 0 Å². The van der Waals surface area contributed by atoms with Crippen LogP contribution in [0, 0.1) is 0 Å². The van der Waals surface area contributed by atoms with Crippen molar-refractivity contribution in [3.8, 4) is 33.6 Å². The van der Waals surface area contributed by atoms with Gasteiger partial charge in [0.1, 0.15) is 0 Å². The highest BCUT2D eigenvalue weighted by molar-refractivity contribution is 6.13. The van der Waals surface area contributed by atoms with Crippen LogP contribution < -0.4 is 0 Å². The van der Waals surface area contributed by atoms with Gasteiger partial charge in [-0.25, -0.2) is 0 Å². The number of para-hydroxylation sites is 2. The molecule has 0 bridgehead atoms. The average Bonchev–Trinajstić information content (AvgIpc) is 3.79. The van der Waals surface area contributed by atoms with E-state index in [1.165, 1.54) is 99.5 Å². The molecule has 0 unspecified atom stereocenters. The first kappa shape index (κ1) is 28.0. The lowest BCUT2D eigenvalue weighted by Gasteiger charge is -2.22. The molecule has 2 aliphatic carbocycles. The molecule has 11 rings (SSSR count). The summed E-state index contributed by atoms with van der Waals surface area (Å²) in [6, 6.07) is 54.7. The van der Waals surface area contributed by atoms with Crippen LogP contribution in [0.5, 0.6) is 0 Å². The summed E-state index contributed by atoms with van der Waals surface area (Å²) in [5.74, 6) is 0. The summed E-state index contributed by atoms with van der Waals surface area (Å²) in [5.41, 5.74) is 18.2. The number of benzene rings is 7. The number of hydrogen-bond donors (Lipinski definition) is 0. The summed E-state index contributed by atoms with van der Waals surface area (Å²) in [6.07, 6.45) is 0. The van der Waals surface area contributed by atoms with Crippen molar-refractivity contribution in [1.29, 1.82) is 0 Å². The van der Waals surface area contributed by atoms with Crippen LogP contribution in [0.1, 0.15) is 49.9 Å². The highest BCUT2D eigenvalue weighted by Crippen LogP contribution is 2.52. The SMILES string of the molecule is CC1(C)c2ccccc2-c2cc3c4ccccc4n(-c4cccc(-n5c6ccccc6c6cc7c(cc65)C(C)(C)c5ccccc5-7)c4)c3cc21. The Kier molecular flexibility index (Phi) is 5.28. The van der Waals surface area contributed by atoms with Gasteiger partial charge in [0.25, 0.3) is 0 Å². The molecular formula is C48H36N2. The Morgan fingerprint density at radius 3 is 1.22 bits per heavy atom. The van der Waals surface area contributed by atoms with Crippen LogP contribution in [0.3, 0.4) is 0 Å². The van der Waals surface area contributed by atoms with E-state index in [0.717, 1.165) is 0 Å².